The van der Waals surface area contributed by atoms with Gasteiger partial charge < -0.3 is 16.4 Å². The summed E-state index contributed by atoms with van der Waals surface area (Å²) < 4.78 is 23.3. The van der Waals surface area contributed by atoms with Gasteiger partial charge in [-0.25, -0.2) is 8.42 Å². The van der Waals surface area contributed by atoms with Gasteiger partial charge in [0.05, 0.1) is 22.1 Å². The topological polar surface area (TPSA) is 106 Å². The number of hydrogen-bond acceptors (Lipinski definition) is 7. The van der Waals surface area contributed by atoms with E-state index in [0.717, 1.165) is 9.90 Å². The molecule has 20 heavy (non-hydrogen) atoms. The third-order valence-electron chi connectivity index (χ3n) is 3.15. The lowest BCUT2D eigenvalue weighted by atomic mass is 10.3. The maximum atomic E-state index is 11.7. The van der Waals surface area contributed by atoms with E-state index in [9.17, 15) is 13.2 Å². The van der Waals surface area contributed by atoms with Gasteiger partial charge in [-0.1, -0.05) is 0 Å². The lowest BCUT2D eigenvalue weighted by molar-refractivity contribution is 0.100. The number of nitrogens with zero attached hydrogens (tertiary/aromatic N) is 1. The first kappa shape index (κ1) is 15.5. The number of amides is 1. The Hall–Kier alpha value is -0.930. The second-order valence-electron chi connectivity index (χ2n) is 4.54. The van der Waals surface area contributed by atoms with Crippen LogP contribution in [0.5, 0.6) is 0 Å². The predicted octanol–water partition coefficient (Wildman–Crippen LogP) is 0.776. The largest absolute Gasteiger partial charge is 0.396 e. The number of carbonyl (C=O) groups excluding carboxylic acids is 1. The molecule has 0 aromatic carbocycles. The molecule has 1 amide bonds. The molecule has 0 aliphatic carbocycles. The predicted molar refractivity (Wildman–Crippen MR) is 84.5 cm³/mol. The molecule has 1 saturated heterocycles. The zero-order valence-electron chi connectivity index (χ0n) is 11.1. The summed E-state index contributed by atoms with van der Waals surface area (Å²) in [7, 11) is -2.97. The van der Waals surface area contributed by atoms with Gasteiger partial charge in [0.25, 0.3) is 5.91 Å². The van der Waals surface area contributed by atoms with E-state index in [1.807, 2.05) is 11.2 Å². The van der Waals surface area contributed by atoms with Crippen molar-refractivity contribution in [2.75, 3.05) is 41.5 Å². The Labute approximate surface area is 126 Å². The van der Waals surface area contributed by atoms with Gasteiger partial charge in [-0.2, -0.15) is 0 Å². The van der Waals surface area contributed by atoms with E-state index < -0.39 is 15.7 Å². The van der Waals surface area contributed by atoms with Gasteiger partial charge >= 0.3 is 0 Å². The molecule has 0 bridgehead atoms. The van der Waals surface area contributed by atoms with E-state index in [4.69, 9.17) is 11.5 Å². The van der Waals surface area contributed by atoms with Gasteiger partial charge in [-0.3, -0.25) is 4.79 Å². The number of primary amides is 1. The summed E-state index contributed by atoms with van der Waals surface area (Å²) in [4.78, 5) is 14.5. The van der Waals surface area contributed by atoms with Gasteiger partial charge in [-0.15, -0.1) is 23.1 Å². The minimum atomic E-state index is -2.97. The average Bonchev–Trinajstić information content (AvgIpc) is 2.59. The molecule has 1 aliphatic rings. The van der Waals surface area contributed by atoms with Crippen LogP contribution in [-0.4, -0.2) is 45.2 Å². The Bertz CT molecular complexity index is 624. The first-order chi connectivity index (χ1) is 9.35. The number of anilines is 2. The highest BCUT2D eigenvalue weighted by molar-refractivity contribution is 7.99. The highest BCUT2D eigenvalue weighted by atomic mass is 32.2. The Kier molecular flexibility index (Phi) is 4.50. The molecule has 0 saturated carbocycles. The van der Waals surface area contributed by atoms with E-state index in [-0.39, 0.29) is 11.5 Å². The lowest BCUT2D eigenvalue weighted by Gasteiger charge is -2.21. The number of nitrogens with two attached hydrogens (primary N) is 2. The molecule has 2 rings (SSSR count). The highest BCUT2D eigenvalue weighted by Crippen LogP contribution is 2.43. The summed E-state index contributed by atoms with van der Waals surface area (Å²) in [6.07, 6.45) is 2.46. The molecule has 0 radical (unpaired) electrons. The molecule has 0 spiro atoms. The van der Waals surface area contributed by atoms with Crippen molar-refractivity contribution in [2.45, 2.75) is 11.3 Å². The molecule has 1 aromatic heterocycles. The third-order valence-corrected chi connectivity index (χ3v) is 7.10. The number of thioether (sulfide) groups is 1. The molecule has 4 N–H and O–H groups in total. The van der Waals surface area contributed by atoms with E-state index in [1.165, 1.54) is 23.1 Å². The van der Waals surface area contributed by atoms with Gasteiger partial charge in [0.1, 0.15) is 9.88 Å². The molecule has 2 heterocycles. The van der Waals surface area contributed by atoms with Crippen LogP contribution in [0.1, 0.15) is 16.1 Å². The Morgan fingerprint density at radius 3 is 2.65 bits per heavy atom. The molecule has 9 heteroatoms. The standard InChI is InChI=1S/C11H17N3O3S3/c1-18-9-7(12)8(10(13)15)19-11(9)14-3-2-5-20(16,17)6-4-14/h2-6,12H2,1H3,(H2,13,15). The second kappa shape index (κ2) is 5.82. The normalized spacial score (nSPS) is 18.8. The summed E-state index contributed by atoms with van der Waals surface area (Å²) in [6.45, 7) is 1.07. The molecule has 0 unspecified atom stereocenters. The summed E-state index contributed by atoms with van der Waals surface area (Å²) >= 11 is 2.69. The minimum absolute atomic E-state index is 0.129. The molecular formula is C11H17N3O3S3. The fraction of sp³-hybridized carbons (Fsp3) is 0.545. The smallest absolute Gasteiger partial charge is 0.261 e. The monoisotopic (exact) mass is 335 g/mol. The van der Waals surface area contributed by atoms with Crippen LogP contribution in [0.3, 0.4) is 0 Å². The van der Waals surface area contributed by atoms with Gasteiger partial charge in [0.15, 0.2) is 9.84 Å². The van der Waals surface area contributed by atoms with Crippen LogP contribution in [0.2, 0.25) is 0 Å². The molecule has 112 valence electrons. The van der Waals surface area contributed by atoms with Crippen LogP contribution in [0.25, 0.3) is 0 Å². The zero-order chi connectivity index (χ0) is 14.9. The summed E-state index contributed by atoms with van der Waals surface area (Å²) in [5, 5.41) is 0.848. The van der Waals surface area contributed by atoms with Crippen LogP contribution >= 0.6 is 23.1 Å². The fourth-order valence-electron chi connectivity index (χ4n) is 2.15. The van der Waals surface area contributed by atoms with Crippen molar-refractivity contribution in [3.8, 4) is 0 Å². The Morgan fingerprint density at radius 1 is 1.35 bits per heavy atom. The zero-order valence-corrected chi connectivity index (χ0v) is 13.5. The summed E-state index contributed by atoms with van der Waals surface area (Å²) in [6, 6.07) is 0. The molecule has 1 aliphatic heterocycles. The number of nitrogen functional groups attached to an aromatic ring is 1. The van der Waals surface area contributed by atoms with Crippen molar-refractivity contribution in [1.29, 1.82) is 0 Å². The summed E-state index contributed by atoms with van der Waals surface area (Å²) in [5.74, 6) is -0.205. The Balaban J connectivity index is 2.37. The van der Waals surface area contributed by atoms with E-state index in [0.29, 0.717) is 30.1 Å². The highest BCUT2D eigenvalue weighted by Gasteiger charge is 2.26. The third kappa shape index (κ3) is 3.04. The summed E-state index contributed by atoms with van der Waals surface area (Å²) in [5.41, 5.74) is 11.7. The number of rotatable bonds is 3. The molecule has 6 nitrogen and oxygen atoms in total. The van der Waals surface area contributed by atoms with Gasteiger partial charge in [0.2, 0.25) is 0 Å². The number of sulfone groups is 1. The van der Waals surface area contributed by atoms with E-state index in [1.54, 1.807) is 0 Å². The molecule has 1 aromatic rings. The van der Waals surface area contributed by atoms with E-state index in [2.05, 4.69) is 0 Å². The van der Waals surface area contributed by atoms with Crippen LogP contribution < -0.4 is 16.4 Å². The number of hydrogen-bond donors (Lipinski definition) is 2. The quantitative estimate of drug-likeness (QED) is 0.791. The minimum Gasteiger partial charge on any atom is -0.396 e. The second-order valence-corrected chi connectivity index (χ2v) is 8.66. The fourth-order valence-corrected chi connectivity index (χ4v) is 5.50. The van der Waals surface area contributed by atoms with Crippen LogP contribution in [-0.2, 0) is 9.84 Å². The van der Waals surface area contributed by atoms with Crippen molar-refractivity contribution in [2.24, 2.45) is 5.73 Å². The van der Waals surface area contributed by atoms with Gasteiger partial charge in [-0.05, 0) is 12.7 Å². The first-order valence-electron chi connectivity index (χ1n) is 6.07. The Morgan fingerprint density at radius 2 is 2.05 bits per heavy atom. The van der Waals surface area contributed by atoms with Crippen molar-refractivity contribution < 1.29 is 13.2 Å². The first-order valence-corrected chi connectivity index (χ1v) is 9.93. The SMILES string of the molecule is CSc1c(N2CCCS(=O)(=O)CC2)sc(C(N)=O)c1N. The van der Waals surface area contributed by atoms with Crippen molar-refractivity contribution >= 4 is 49.5 Å². The molecule has 1 fully saturated rings. The van der Waals surface area contributed by atoms with Crippen molar-refractivity contribution in [3.63, 3.8) is 0 Å². The van der Waals surface area contributed by atoms with Crippen LogP contribution in [0.15, 0.2) is 4.90 Å². The maximum absolute atomic E-state index is 11.7. The lowest BCUT2D eigenvalue weighted by Crippen LogP contribution is -2.26. The average molecular weight is 335 g/mol. The molecular weight excluding hydrogens is 318 g/mol. The number of carbonyl (C=O) groups is 1. The van der Waals surface area contributed by atoms with Crippen molar-refractivity contribution in [1.82, 2.24) is 0 Å². The molecule has 0 atom stereocenters. The van der Waals surface area contributed by atoms with Crippen molar-refractivity contribution in [3.05, 3.63) is 4.88 Å². The maximum Gasteiger partial charge on any atom is 0.261 e. The number of thiophene rings is 1. The van der Waals surface area contributed by atoms with E-state index >= 15 is 0 Å². The van der Waals surface area contributed by atoms with Gasteiger partial charge in [0, 0.05) is 13.1 Å². The van der Waals surface area contributed by atoms with Crippen LogP contribution in [0.4, 0.5) is 10.7 Å². The van der Waals surface area contributed by atoms with Crippen LogP contribution in [0, 0.1) is 0 Å².